The minimum absolute atomic E-state index is 0.0139. The summed E-state index contributed by atoms with van der Waals surface area (Å²) in [5.74, 6) is -0.985. The van der Waals surface area contributed by atoms with E-state index in [1.807, 2.05) is 11.8 Å². The quantitative estimate of drug-likeness (QED) is 0.886. The van der Waals surface area contributed by atoms with Gasteiger partial charge in [0, 0.05) is 18.0 Å². The molecule has 2 aromatic heterocycles. The van der Waals surface area contributed by atoms with Gasteiger partial charge in [-0.05, 0) is 25.8 Å². The number of likely N-dealkylation sites (tertiary alicyclic amines) is 1. The van der Waals surface area contributed by atoms with E-state index < -0.39 is 5.97 Å². The highest BCUT2D eigenvalue weighted by Crippen LogP contribution is 2.32. The number of aromatic amines is 1. The average molecular weight is 278 g/mol. The predicted octanol–water partition coefficient (Wildman–Crippen LogP) is 2.47. The number of nitrogens with one attached hydrogen (secondary N) is 1. The van der Waals surface area contributed by atoms with Crippen molar-refractivity contribution in [2.75, 3.05) is 13.1 Å². The van der Waals surface area contributed by atoms with Gasteiger partial charge in [0.1, 0.15) is 5.69 Å². The molecule has 1 fully saturated rings. The molecular formula is C13H14N2O3S. The molecule has 5 nitrogen and oxygen atoms in total. The zero-order valence-corrected chi connectivity index (χ0v) is 11.3. The first-order valence-electron chi connectivity index (χ1n) is 6.22. The molecule has 0 bridgehead atoms. The van der Waals surface area contributed by atoms with Crippen molar-refractivity contribution >= 4 is 33.4 Å². The molecule has 0 unspecified atom stereocenters. The van der Waals surface area contributed by atoms with E-state index in [2.05, 4.69) is 4.98 Å². The minimum atomic E-state index is -0.999. The predicted molar refractivity (Wildman–Crippen MR) is 73.0 cm³/mol. The van der Waals surface area contributed by atoms with Crippen LogP contribution in [-0.4, -0.2) is 40.0 Å². The first kappa shape index (κ1) is 12.2. The Kier molecular flexibility index (Phi) is 2.82. The number of aryl methyl sites for hydroxylation is 1. The van der Waals surface area contributed by atoms with E-state index >= 15 is 0 Å². The normalized spacial score (nSPS) is 15.3. The van der Waals surface area contributed by atoms with E-state index in [-0.39, 0.29) is 11.6 Å². The maximum atomic E-state index is 12.5. The molecule has 0 radical (unpaired) electrons. The lowest BCUT2D eigenvalue weighted by Gasteiger charge is -2.14. The van der Waals surface area contributed by atoms with Crippen molar-refractivity contribution in [3.63, 3.8) is 0 Å². The Balaban J connectivity index is 2.08. The number of H-pyrrole nitrogens is 1. The van der Waals surface area contributed by atoms with Gasteiger partial charge in [0.2, 0.25) is 0 Å². The monoisotopic (exact) mass is 278 g/mol. The smallest absolute Gasteiger partial charge is 0.352 e. The second kappa shape index (κ2) is 4.38. The molecule has 3 rings (SSSR count). The SMILES string of the molecule is Cc1sc2cc(C(=O)O)[nH]c2c1C(=O)N1CCCC1. The van der Waals surface area contributed by atoms with Crippen molar-refractivity contribution in [1.82, 2.24) is 9.88 Å². The van der Waals surface area contributed by atoms with E-state index in [0.29, 0.717) is 11.1 Å². The number of carboxylic acids is 1. The fraction of sp³-hybridized carbons (Fsp3) is 0.385. The molecule has 1 amide bonds. The number of thiophene rings is 1. The third kappa shape index (κ3) is 1.92. The molecule has 2 N–H and O–H groups in total. The average Bonchev–Trinajstić information content (AvgIpc) is 3.01. The largest absolute Gasteiger partial charge is 0.477 e. The molecule has 3 heterocycles. The standard InChI is InChI=1S/C13H14N2O3S/c1-7-10(12(16)15-4-2-3-5-15)11-9(19-7)6-8(14-11)13(17)18/h6,14H,2-5H2,1H3,(H,17,18). The van der Waals surface area contributed by atoms with Crippen LogP contribution in [0.4, 0.5) is 0 Å². The first-order chi connectivity index (χ1) is 9.08. The lowest BCUT2D eigenvalue weighted by molar-refractivity contribution is 0.0690. The van der Waals surface area contributed by atoms with Crippen molar-refractivity contribution < 1.29 is 14.7 Å². The zero-order chi connectivity index (χ0) is 13.6. The van der Waals surface area contributed by atoms with Crippen LogP contribution in [0.15, 0.2) is 6.07 Å². The number of carbonyl (C=O) groups excluding carboxylic acids is 1. The van der Waals surface area contributed by atoms with Crippen molar-refractivity contribution in [2.45, 2.75) is 19.8 Å². The van der Waals surface area contributed by atoms with E-state index in [1.54, 1.807) is 6.07 Å². The molecule has 0 aliphatic carbocycles. The van der Waals surface area contributed by atoms with Gasteiger partial charge in [-0.2, -0.15) is 0 Å². The number of hydrogen-bond donors (Lipinski definition) is 2. The molecule has 1 aliphatic heterocycles. The summed E-state index contributed by atoms with van der Waals surface area (Å²) >= 11 is 1.46. The molecule has 0 spiro atoms. The summed E-state index contributed by atoms with van der Waals surface area (Å²) < 4.78 is 0.831. The van der Waals surface area contributed by atoms with Gasteiger partial charge in [0.05, 0.1) is 15.8 Å². The highest BCUT2D eigenvalue weighted by molar-refractivity contribution is 7.19. The summed E-state index contributed by atoms with van der Waals surface area (Å²) in [6.45, 7) is 3.49. The Labute approximate surface area is 113 Å². The fourth-order valence-electron chi connectivity index (χ4n) is 2.54. The van der Waals surface area contributed by atoms with Crippen molar-refractivity contribution in [1.29, 1.82) is 0 Å². The van der Waals surface area contributed by atoms with Crippen LogP contribution in [0, 0.1) is 6.92 Å². The van der Waals surface area contributed by atoms with Crippen LogP contribution in [0.2, 0.25) is 0 Å². The lowest BCUT2D eigenvalue weighted by Crippen LogP contribution is -2.27. The molecule has 0 saturated carbocycles. The maximum Gasteiger partial charge on any atom is 0.352 e. The number of carboxylic acid groups (broad SMARTS) is 1. The Bertz CT molecular complexity index is 665. The summed E-state index contributed by atoms with van der Waals surface area (Å²) in [5, 5.41) is 8.99. The van der Waals surface area contributed by atoms with Crippen molar-refractivity contribution in [2.24, 2.45) is 0 Å². The number of hydrogen-bond acceptors (Lipinski definition) is 3. The molecule has 1 saturated heterocycles. The van der Waals surface area contributed by atoms with Crippen LogP contribution >= 0.6 is 11.3 Å². The molecule has 0 aromatic carbocycles. The number of nitrogens with zero attached hydrogens (tertiary/aromatic N) is 1. The second-order valence-electron chi connectivity index (χ2n) is 4.76. The molecule has 0 atom stereocenters. The van der Waals surface area contributed by atoms with E-state index in [0.717, 1.165) is 35.5 Å². The van der Waals surface area contributed by atoms with Gasteiger partial charge in [-0.15, -0.1) is 11.3 Å². The van der Waals surface area contributed by atoms with Crippen LogP contribution in [0.3, 0.4) is 0 Å². The molecule has 6 heteroatoms. The summed E-state index contributed by atoms with van der Waals surface area (Å²) in [7, 11) is 0. The zero-order valence-electron chi connectivity index (χ0n) is 10.5. The second-order valence-corrected chi connectivity index (χ2v) is 6.02. The Morgan fingerprint density at radius 3 is 2.68 bits per heavy atom. The summed E-state index contributed by atoms with van der Waals surface area (Å²) in [6.07, 6.45) is 2.09. The molecule has 100 valence electrons. The van der Waals surface area contributed by atoms with Gasteiger partial charge in [-0.1, -0.05) is 0 Å². The number of carbonyl (C=O) groups is 2. The van der Waals surface area contributed by atoms with E-state index in [4.69, 9.17) is 5.11 Å². The van der Waals surface area contributed by atoms with Gasteiger partial charge in [0.15, 0.2) is 0 Å². The Morgan fingerprint density at radius 2 is 2.05 bits per heavy atom. The third-order valence-corrected chi connectivity index (χ3v) is 4.54. The highest BCUT2D eigenvalue weighted by atomic mass is 32.1. The van der Waals surface area contributed by atoms with Gasteiger partial charge in [-0.25, -0.2) is 4.79 Å². The number of aromatic carboxylic acids is 1. The molecule has 1 aliphatic rings. The van der Waals surface area contributed by atoms with Crippen molar-refractivity contribution in [3.8, 4) is 0 Å². The van der Waals surface area contributed by atoms with Crippen LogP contribution in [0.5, 0.6) is 0 Å². The number of aromatic nitrogens is 1. The highest BCUT2D eigenvalue weighted by Gasteiger charge is 2.26. The maximum absolute atomic E-state index is 12.5. The van der Waals surface area contributed by atoms with Gasteiger partial charge in [0.25, 0.3) is 5.91 Å². The van der Waals surface area contributed by atoms with Crippen molar-refractivity contribution in [3.05, 3.63) is 22.2 Å². The lowest BCUT2D eigenvalue weighted by atomic mass is 10.2. The molecule has 19 heavy (non-hydrogen) atoms. The van der Waals surface area contributed by atoms with Gasteiger partial charge < -0.3 is 15.0 Å². The number of fused-ring (bicyclic) bond motifs is 1. The third-order valence-electron chi connectivity index (χ3n) is 3.48. The molecular weight excluding hydrogens is 264 g/mol. The topological polar surface area (TPSA) is 73.4 Å². The van der Waals surface area contributed by atoms with Crippen LogP contribution in [0.1, 0.15) is 38.6 Å². The first-order valence-corrected chi connectivity index (χ1v) is 7.04. The number of rotatable bonds is 2. The van der Waals surface area contributed by atoms with Gasteiger partial charge >= 0.3 is 5.97 Å². The fourth-order valence-corrected chi connectivity index (χ4v) is 3.60. The summed E-state index contributed by atoms with van der Waals surface area (Å²) in [4.78, 5) is 29.1. The Hall–Kier alpha value is -1.82. The van der Waals surface area contributed by atoms with Crippen LogP contribution < -0.4 is 0 Å². The number of amides is 1. The van der Waals surface area contributed by atoms with Crippen LogP contribution in [-0.2, 0) is 0 Å². The van der Waals surface area contributed by atoms with Crippen LogP contribution in [0.25, 0.3) is 10.2 Å². The summed E-state index contributed by atoms with van der Waals surface area (Å²) in [6, 6.07) is 1.59. The minimum Gasteiger partial charge on any atom is -0.477 e. The van der Waals surface area contributed by atoms with E-state index in [1.165, 1.54) is 11.3 Å². The summed E-state index contributed by atoms with van der Waals surface area (Å²) in [5.41, 5.74) is 1.43. The van der Waals surface area contributed by atoms with E-state index in [9.17, 15) is 9.59 Å². The molecule has 2 aromatic rings. The van der Waals surface area contributed by atoms with Gasteiger partial charge in [-0.3, -0.25) is 4.79 Å². The Morgan fingerprint density at radius 1 is 1.37 bits per heavy atom.